The first-order chi connectivity index (χ1) is 11.2. The van der Waals surface area contributed by atoms with E-state index in [1.807, 2.05) is 20.8 Å². The normalized spacial score (nSPS) is 15.3. The van der Waals surface area contributed by atoms with Crippen LogP contribution >= 0.6 is 0 Å². The van der Waals surface area contributed by atoms with E-state index in [-0.39, 0.29) is 12.0 Å². The molecule has 2 atom stereocenters. The van der Waals surface area contributed by atoms with Gasteiger partial charge in [-0.15, -0.1) is 0 Å². The Hall–Kier alpha value is -1.06. The molecule has 0 aromatic heterocycles. The van der Waals surface area contributed by atoms with Gasteiger partial charge in [0.05, 0.1) is 6.10 Å². The molecule has 0 aliphatic rings. The average molecular weight is 343 g/mol. The van der Waals surface area contributed by atoms with Gasteiger partial charge in [-0.2, -0.15) is 0 Å². The van der Waals surface area contributed by atoms with Gasteiger partial charge in [-0.25, -0.2) is 0 Å². The summed E-state index contributed by atoms with van der Waals surface area (Å²) in [6, 6.07) is 0. The molecule has 2 unspecified atom stereocenters. The van der Waals surface area contributed by atoms with Gasteiger partial charge in [-0.1, -0.05) is 60.3 Å². The molecule has 142 valence electrons. The number of rotatable bonds is 13. The summed E-state index contributed by atoms with van der Waals surface area (Å²) < 4.78 is 5.56. The molecule has 0 aromatic rings. The van der Waals surface area contributed by atoms with Crippen molar-refractivity contribution in [1.29, 1.82) is 0 Å². The molecule has 0 aliphatic heterocycles. The van der Waals surface area contributed by atoms with Crippen molar-refractivity contribution < 1.29 is 19.4 Å². The van der Waals surface area contributed by atoms with Gasteiger partial charge in [-0.05, 0) is 44.4 Å². The van der Waals surface area contributed by atoms with Crippen LogP contribution in [0.15, 0.2) is 0 Å². The number of carboxylic acids is 1. The second-order valence-electron chi connectivity index (χ2n) is 7.78. The lowest BCUT2D eigenvalue weighted by molar-refractivity contribution is -0.177. The summed E-state index contributed by atoms with van der Waals surface area (Å²) in [7, 11) is 0. The molecule has 0 saturated heterocycles. The second kappa shape index (κ2) is 11.5. The van der Waals surface area contributed by atoms with Gasteiger partial charge in [-0.3, -0.25) is 9.59 Å². The third kappa shape index (κ3) is 7.23. The summed E-state index contributed by atoms with van der Waals surface area (Å²) in [4.78, 5) is 24.6. The van der Waals surface area contributed by atoms with E-state index in [9.17, 15) is 14.7 Å². The van der Waals surface area contributed by atoms with Gasteiger partial charge in [0.2, 0.25) is 0 Å². The van der Waals surface area contributed by atoms with Gasteiger partial charge < -0.3 is 9.84 Å². The van der Waals surface area contributed by atoms with Crippen LogP contribution in [-0.4, -0.2) is 23.1 Å². The molecule has 0 amide bonds. The highest BCUT2D eigenvalue weighted by Crippen LogP contribution is 2.37. The number of hydrogen-bond acceptors (Lipinski definition) is 3. The van der Waals surface area contributed by atoms with Crippen molar-refractivity contribution >= 4 is 11.9 Å². The van der Waals surface area contributed by atoms with Crippen LogP contribution in [0.2, 0.25) is 0 Å². The Balaban J connectivity index is 4.77. The maximum Gasteiger partial charge on any atom is 0.324 e. The number of esters is 1. The van der Waals surface area contributed by atoms with E-state index in [1.54, 1.807) is 13.8 Å². The lowest BCUT2D eigenvalue weighted by atomic mass is 9.72. The van der Waals surface area contributed by atoms with E-state index in [1.165, 1.54) is 19.3 Å². The number of carboxylic acid groups (broad SMARTS) is 1. The molecule has 1 N–H and O–H groups in total. The minimum atomic E-state index is -1.43. The lowest BCUT2D eigenvalue weighted by Gasteiger charge is -2.32. The monoisotopic (exact) mass is 342 g/mol. The number of ether oxygens (including phenoxy) is 1. The van der Waals surface area contributed by atoms with E-state index in [2.05, 4.69) is 6.92 Å². The van der Waals surface area contributed by atoms with Crippen LogP contribution < -0.4 is 0 Å². The minimum absolute atomic E-state index is 0.226. The standard InChI is InChI=1S/C20H38O4/c1-7-8-9-10-11-12-17(6)24-19(23)20(16(4)5,18(21)22)14-13-15(2)3/h15-17H,7-14H2,1-6H3,(H,21,22). The molecule has 0 radical (unpaired) electrons. The summed E-state index contributed by atoms with van der Waals surface area (Å²) in [5.41, 5.74) is -1.43. The van der Waals surface area contributed by atoms with Crippen molar-refractivity contribution in [3.8, 4) is 0 Å². The first-order valence-corrected chi connectivity index (χ1v) is 9.62. The van der Waals surface area contributed by atoms with Gasteiger partial charge in [0.1, 0.15) is 0 Å². The highest BCUT2D eigenvalue weighted by molar-refractivity contribution is 5.99. The summed E-state index contributed by atoms with van der Waals surface area (Å²) in [5, 5.41) is 9.76. The second-order valence-corrected chi connectivity index (χ2v) is 7.78. The van der Waals surface area contributed by atoms with E-state index in [0.717, 1.165) is 19.3 Å². The fourth-order valence-electron chi connectivity index (χ4n) is 2.97. The Morgan fingerprint density at radius 1 is 0.958 bits per heavy atom. The molecule has 4 heteroatoms. The Morgan fingerprint density at radius 3 is 2.00 bits per heavy atom. The van der Waals surface area contributed by atoms with E-state index in [0.29, 0.717) is 18.8 Å². The molecular weight excluding hydrogens is 304 g/mol. The fraction of sp³-hybridized carbons (Fsp3) is 0.900. The van der Waals surface area contributed by atoms with Gasteiger partial charge in [0, 0.05) is 0 Å². The van der Waals surface area contributed by atoms with Crippen LogP contribution in [0.4, 0.5) is 0 Å². The van der Waals surface area contributed by atoms with Crippen molar-refractivity contribution in [2.75, 3.05) is 0 Å². The molecule has 0 bridgehead atoms. The largest absolute Gasteiger partial charge is 0.480 e. The first kappa shape index (κ1) is 22.9. The summed E-state index contributed by atoms with van der Waals surface area (Å²) in [6.07, 6.45) is 7.40. The Kier molecular flexibility index (Phi) is 11.0. The Morgan fingerprint density at radius 2 is 1.54 bits per heavy atom. The maximum absolute atomic E-state index is 12.7. The predicted octanol–water partition coefficient (Wildman–Crippen LogP) is 5.44. The van der Waals surface area contributed by atoms with Crippen molar-refractivity contribution in [3.05, 3.63) is 0 Å². The van der Waals surface area contributed by atoms with Gasteiger partial charge in [0.25, 0.3) is 0 Å². The third-order valence-corrected chi connectivity index (χ3v) is 4.87. The summed E-state index contributed by atoms with van der Waals surface area (Å²) in [6.45, 7) is 11.7. The third-order valence-electron chi connectivity index (χ3n) is 4.87. The van der Waals surface area contributed by atoms with Gasteiger partial charge >= 0.3 is 11.9 Å². The van der Waals surface area contributed by atoms with E-state index in [4.69, 9.17) is 4.74 Å². The molecule has 0 spiro atoms. The first-order valence-electron chi connectivity index (χ1n) is 9.62. The predicted molar refractivity (Wildman–Crippen MR) is 97.9 cm³/mol. The van der Waals surface area contributed by atoms with E-state index < -0.39 is 17.4 Å². The number of unbranched alkanes of at least 4 members (excludes halogenated alkanes) is 4. The van der Waals surface area contributed by atoms with E-state index >= 15 is 0 Å². The minimum Gasteiger partial charge on any atom is -0.480 e. The average Bonchev–Trinajstić information content (AvgIpc) is 2.46. The molecule has 0 heterocycles. The Bertz CT molecular complexity index is 376. The summed E-state index contributed by atoms with van der Waals surface area (Å²) in [5.74, 6) is -1.56. The smallest absolute Gasteiger partial charge is 0.324 e. The number of carbonyl (C=O) groups is 2. The zero-order chi connectivity index (χ0) is 18.8. The molecule has 0 aliphatic carbocycles. The van der Waals surface area contributed by atoms with Crippen molar-refractivity contribution in [3.63, 3.8) is 0 Å². The van der Waals surface area contributed by atoms with Gasteiger partial charge in [0.15, 0.2) is 5.41 Å². The zero-order valence-corrected chi connectivity index (χ0v) is 16.6. The molecule has 0 aromatic carbocycles. The molecule has 0 fully saturated rings. The number of carbonyl (C=O) groups excluding carboxylic acids is 1. The summed E-state index contributed by atoms with van der Waals surface area (Å²) >= 11 is 0. The molecule has 0 saturated carbocycles. The Labute approximate surface area is 148 Å². The van der Waals surface area contributed by atoms with Crippen LogP contribution in [0.3, 0.4) is 0 Å². The lowest BCUT2D eigenvalue weighted by Crippen LogP contribution is -2.46. The zero-order valence-electron chi connectivity index (χ0n) is 16.6. The van der Waals surface area contributed by atoms with Crippen LogP contribution in [0.25, 0.3) is 0 Å². The number of aliphatic carboxylic acids is 1. The van der Waals surface area contributed by atoms with Crippen LogP contribution in [0.1, 0.15) is 92.9 Å². The van der Waals surface area contributed by atoms with Crippen LogP contribution in [0, 0.1) is 17.3 Å². The SMILES string of the molecule is CCCCCCCC(C)OC(=O)C(CCC(C)C)(C(=O)O)C(C)C. The molecule has 24 heavy (non-hydrogen) atoms. The maximum atomic E-state index is 12.7. The van der Waals surface area contributed by atoms with Crippen molar-refractivity contribution in [1.82, 2.24) is 0 Å². The number of hydrogen-bond donors (Lipinski definition) is 1. The van der Waals surface area contributed by atoms with Crippen molar-refractivity contribution in [2.24, 2.45) is 17.3 Å². The molecular formula is C20H38O4. The topological polar surface area (TPSA) is 63.6 Å². The molecule has 0 rings (SSSR count). The van der Waals surface area contributed by atoms with Crippen LogP contribution in [-0.2, 0) is 14.3 Å². The fourth-order valence-corrected chi connectivity index (χ4v) is 2.97. The highest BCUT2D eigenvalue weighted by atomic mass is 16.5. The quantitative estimate of drug-likeness (QED) is 0.275. The van der Waals surface area contributed by atoms with Crippen molar-refractivity contribution in [2.45, 2.75) is 99.0 Å². The van der Waals surface area contributed by atoms with Crippen LogP contribution in [0.5, 0.6) is 0 Å². The molecule has 4 nitrogen and oxygen atoms in total. The highest BCUT2D eigenvalue weighted by Gasteiger charge is 2.50.